The minimum Gasteiger partial charge on any atom is -0.383 e. The summed E-state index contributed by atoms with van der Waals surface area (Å²) in [7, 11) is 1.85. The number of nitrogen functional groups attached to an aromatic ring is 1. The Morgan fingerprint density at radius 2 is 1.91 bits per heavy atom. The van der Waals surface area contributed by atoms with Crippen LogP contribution in [-0.4, -0.2) is 30.5 Å². The highest BCUT2D eigenvalue weighted by Gasteiger charge is 2.13. The van der Waals surface area contributed by atoms with E-state index in [-0.39, 0.29) is 17.8 Å². The standard InChI is InChI=1S/C26H22F2N6O/c1-34-14-18(13-31-34)17-10-19(25(29)30-12-17)26-32-22-8-5-15(9-23(22)33-26)3-2-4-24(35)16-6-7-20(27)21(28)11-16/h5-14H,2-4H2,1H3,(H2,29,30)(H,32,33). The average Bonchev–Trinajstić information content (AvgIpc) is 3.47. The van der Waals surface area contributed by atoms with Crippen molar-refractivity contribution in [3.05, 3.63) is 83.8 Å². The summed E-state index contributed by atoms with van der Waals surface area (Å²) in [4.78, 5) is 24.6. The number of anilines is 1. The largest absolute Gasteiger partial charge is 0.383 e. The number of aryl methyl sites for hydroxylation is 2. The molecule has 35 heavy (non-hydrogen) atoms. The molecule has 5 aromatic rings. The Kier molecular flexibility index (Phi) is 5.82. The predicted molar refractivity (Wildman–Crippen MR) is 130 cm³/mol. The van der Waals surface area contributed by atoms with Gasteiger partial charge in [-0.15, -0.1) is 0 Å². The second-order valence-electron chi connectivity index (χ2n) is 8.40. The monoisotopic (exact) mass is 472 g/mol. The normalized spacial score (nSPS) is 11.3. The van der Waals surface area contributed by atoms with Gasteiger partial charge in [0.2, 0.25) is 0 Å². The molecule has 0 saturated carbocycles. The quantitative estimate of drug-likeness (QED) is 0.321. The predicted octanol–water partition coefficient (Wildman–Crippen LogP) is 5.09. The zero-order chi connectivity index (χ0) is 24.5. The number of carbonyl (C=O) groups is 1. The van der Waals surface area contributed by atoms with Gasteiger partial charge in [0.05, 0.1) is 22.8 Å². The van der Waals surface area contributed by atoms with E-state index in [0.717, 1.165) is 39.9 Å². The highest BCUT2D eigenvalue weighted by molar-refractivity contribution is 5.96. The van der Waals surface area contributed by atoms with Crippen molar-refractivity contribution in [2.45, 2.75) is 19.3 Å². The molecule has 3 aromatic heterocycles. The Bertz CT molecular complexity index is 1560. The van der Waals surface area contributed by atoms with Crippen molar-refractivity contribution >= 4 is 22.6 Å². The fraction of sp³-hybridized carbons (Fsp3) is 0.154. The molecule has 0 saturated heterocycles. The number of aromatic nitrogens is 5. The minimum absolute atomic E-state index is 0.178. The average molecular weight is 472 g/mol. The molecule has 0 aliphatic rings. The van der Waals surface area contributed by atoms with Gasteiger partial charge in [0.25, 0.3) is 0 Å². The van der Waals surface area contributed by atoms with Crippen LogP contribution in [0.5, 0.6) is 0 Å². The Morgan fingerprint density at radius 3 is 2.69 bits per heavy atom. The van der Waals surface area contributed by atoms with Crippen molar-refractivity contribution in [1.29, 1.82) is 0 Å². The molecule has 0 amide bonds. The number of hydrogen-bond donors (Lipinski definition) is 2. The van der Waals surface area contributed by atoms with E-state index >= 15 is 0 Å². The summed E-state index contributed by atoms with van der Waals surface area (Å²) in [6.45, 7) is 0. The summed E-state index contributed by atoms with van der Waals surface area (Å²) in [5.74, 6) is -1.22. The van der Waals surface area contributed by atoms with E-state index < -0.39 is 11.6 Å². The SMILES string of the molecule is Cn1cc(-c2cnc(N)c(-c3nc4ccc(CCCC(=O)c5ccc(F)c(F)c5)cc4[nH]3)c2)cn1. The number of Topliss-reactive ketones (excluding diaryl/α,β-unsaturated/α-hetero) is 1. The second-order valence-corrected chi connectivity index (χ2v) is 8.40. The molecule has 3 N–H and O–H groups in total. The van der Waals surface area contributed by atoms with Crippen LogP contribution in [0.25, 0.3) is 33.5 Å². The van der Waals surface area contributed by atoms with E-state index in [1.165, 1.54) is 6.07 Å². The van der Waals surface area contributed by atoms with E-state index in [2.05, 4.69) is 20.1 Å². The van der Waals surface area contributed by atoms with Gasteiger partial charge in [-0.3, -0.25) is 9.48 Å². The summed E-state index contributed by atoms with van der Waals surface area (Å²) in [5.41, 5.74) is 11.5. The Morgan fingerprint density at radius 1 is 1.06 bits per heavy atom. The van der Waals surface area contributed by atoms with Gasteiger partial charge >= 0.3 is 0 Å². The van der Waals surface area contributed by atoms with Crippen molar-refractivity contribution in [2.24, 2.45) is 7.05 Å². The lowest BCUT2D eigenvalue weighted by atomic mass is 10.0. The molecule has 3 heterocycles. The van der Waals surface area contributed by atoms with Gasteiger partial charge in [0.1, 0.15) is 11.6 Å². The third-order valence-electron chi connectivity index (χ3n) is 5.87. The number of rotatable bonds is 7. The van der Waals surface area contributed by atoms with Gasteiger partial charge in [0.15, 0.2) is 17.4 Å². The van der Waals surface area contributed by atoms with Crippen molar-refractivity contribution in [3.8, 4) is 22.5 Å². The summed E-state index contributed by atoms with van der Waals surface area (Å²) in [6.07, 6.45) is 6.84. The first-order valence-corrected chi connectivity index (χ1v) is 11.1. The molecular formula is C26H22F2N6O. The van der Waals surface area contributed by atoms with Gasteiger partial charge in [0, 0.05) is 42.6 Å². The van der Waals surface area contributed by atoms with Crippen LogP contribution in [0.15, 0.2) is 61.1 Å². The van der Waals surface area contributed by atoms with Gasteiger partial charge in [-0.2, -0.15) is 5.10 Å². The lowest BCUT2D eigenvalue weighted by Crippen LogP contribution is -2.01. The molecule has 2 aromatic carbocycles. The maximum atomic E-state index is 13.4. The molecule has 0 fully saturated rings. The third-order valence-corrected chi connectivity index (χ3v) is 5.87. The molecule has 0 atom stereocenters. The first-order valence-electron chi connectivity index (χ1n) is 11.1. The molecule has 7 nitrogen and oxygen atoms in total. The summed E-state index contributed by atoms with van der Waals surface area (Å²) < 4.78 is 28.2. The Balaban J connectivity index is 1.31. The van der Waals surface area contributed by atoms with Crippen LogP contribution in [-0.2, 0) is 13.5 Å². The van der Waals surface area contributed by atoms with Crippen molar-refractivity contribution in [3.63, 3.8) is 0 Å². The van der Waals surface area contributed by atoms with Crippen molar-refractivity contribution in [1.82, 2.24) is 24.7 Å². The molecule has 0 radical (unpaired) electrons. The summed E-state index contributed by atoms with van der Waals surface area (Å²) in [6, 6.07) is 11.0. The number of pyridine rings is 1. The van der Waals surface area contributed by atoms with E-state index in [1.54, 1.807) is 17.1 Å². The van der Waals surface area contributed by atoms with Crippen LogP contribution < -0.4 is 5.73 Å². The fourth-order valence-corrected chi connectivity index (χ4v) is 4.00. The number of nitrogens with zero attached hydrogens (tertiary/aromatic N) is 4. The van der Waals surface area contributed by atoms with Crippen LogP contribution >= 0.6 is 0 Å². The molecule has 0 aliphatic heterocycles. The highest BCUT2D eigenvalue weighted by Crippen LogP contribution is 2.29. The topological polar surface area (TPSA) is 102 Å². The van der Waals surface area contributed by atoms with Crippen LogP contribution in [0.2, 0.25) is 0 Å². The van der Waals surface area contributed by atoms with Crippen LogP contribution in [0.1, 0.15) is 28.8 Å². The van der Waals surface area contributed by atoms with Crippen LogP contribution in [0, 0.1) is 11.6 Å². The van der Waals surface area contributed by atoms with Gasteiger partial charge in [-0.1, -0.05) is 6.07 Å². The number of halogens is 2. The van der Waals surface area contributed by atoms with Gasteiger partial charge in [-0.05, 0) is 54.8 Å². The molecule has 0 bridgehead atoms. The number of imidazole rings is 1. The summed E-state index contributed by atoms with van der Waals surface area (Å²) >= 11 is 0. The molecule has 0 spiro atoms. The fourth-order valence-electron chi connectivity index (χ4n) is 4.00. The number of carbonyl (C=O) groups excluding carboxylic acids is 1. The number of fused-ring (bicyclic) bond motifs is 1. The lowest BCUT2D eigenvalue weighted by molar-refractivity contribution is 0.0979. The van der Waals surface area contributed by atoms with Gasteiger partial charge < -0.3 is 10.7 Å². The molecule has 9 heteroatoms. The van der Waals surface area contributed by atoms with E-state index in [4.69, 9.17) is 5.73 Å². The maximum Gasteiger partial charge on any atom is 0.162 e. The number of aromatic amines is 1. The first-order chi connectivity index (χ1) is 16.9. The minimum atomic E-state index is -1.02. The number of H-pyrrole nitrogens is 1. The molecule has 0 aliphatic carbocycles. The lowest BCUT2D eigenvalue weighted by Gasteiger charge is -2.04. The van der Waals surface area contributed by atoms with E-state index in [9.17, 15) is 13.6 Å². The Labute approximate surface area is 199 Å². The number of nitrogens with two attached hydrogens (primary N) is 1. The number of hydrogen-bond acceptors (Lipinski definition) is 5. The highest BCUT2D eigenvalue weighted by atomic mass is 19.2. The Hall–Kier alpha value is -4.40. The molecule has 0 unspecified atom stereocenters. The van der Waals surface area contributed by atoms with Gasteiger partial charge in [-0.25, -0.2) is 18.7 Å². The smallest absolute Gasteiger partial charge is 0.162 e. The van der Waals surface area contributed by atoms with Crippen LogP contribution in [0.4, 0.5) is 14.6 Å². The van der Waals surface area contributed by atoms with E-state index in [0.29, 0.717) is 30.0 Å². The number of benzene rings is 2. The molecule has 5 rings (SSSR count). The second kappa shape index (κ2) is 9.09. The van der Waals surface area contributed by atoms with Crippen molar-refractivity contribution in [2.75, 3.05) is 5.73 Å². The van der Waals surface area contributed by atoms with E-state index in [1.807, 2.05) is 37.5 Å². The summed E-state index contributed by atoms with van der Waals surface area (Å²) in [5, 5.41) is 4.20. The first kappa shape index (κ1) is 22.4. The molecule has 176 valence electrons. The number of nitrogens with one attached hydrogen (secondary N) is 1. The zero-order valence-corrected chi connectivity index (χ0v) is 18.9. The maximum absolute atomic E-state index is 13.4. The zero-order valence-electron chi connectivity index (χ0n) is 18.9. The number of ketones is 1. The van der Waals surface area contributed by atoms with Crippen LogP contribution in [0.3, 0.4) is 0 Å². The van der Waals surface area contributed by atoms with Crippen molar-refractivity contribution < 1.29 is 13.6 Å². The third kappa shape index (κ3) is 4.65. The molecular weight excluding hydrogens is 450 g/mol.